The van der Waals surface area contributed by atoms with E-state index in [9.17, 15) is 4.79 Å². The number of carbonyl (C=O) groups excluding carboxylic acids is 1. The van der Waals surface area contributed by atoms with E-state index in [1.807, 2.05) is 31.2 Å². The Hall–Kier alpha value is -2.06. The molecular formula is C16H14ClNO. The van der Waals surface area contributed by atoms with E-state index >= 15 is 0 Å². The van der Waals surface area contributed by atoms with Gasteiger partial charge in [0.05, 0.1) is 0 Å². The van der Waals surface area contributed by atoms with Gasteiger partial charge in [0, 0.05) is 28.5 Å². The van der Waals surface area contributed by atoms with E-state index in [0.29, 0.717) is 10.6 Å². The average molecular weight is 272 g/mol. The number of nitrogens with one attached hydrogen (secondary N) is 1. The van der Waals surface area contributed by atoms with Crippen LogP contribution >= 0.6 is 11.6 Å². The normalized spacial score (nSPS) is 10.6. The maximum absolute atomic E-state index is 11.8. The lowest BCUT2D eigenvalue weighted by Gasteiger charge is -2.00. The van der Waals surface area contributed by atoms with Gasteiger partial charge in [0.2, 0.25) is 0 Å². The van der Waals surface area contributed by atoms with Crippen LogP contribution < -0.4 is 5.32 Å². The molecule has 0 saturated carbocycles. The van der Waals surface area contributed by atoms with Crippen LogP contribution in [0.2, 0.25) is 5.02 Å². The number of rotatable bonds is 4. The van der Waals surface area contributed by atoms with Gasteiger partial charge in [0.15, 0.2) is 5.78 Å². The van der Waals surface area contributed by atoms with Crippen LogP contribution in [0.5, 0.6) is 0 Å². The van der Waals surface area contributed by atoms with Gasteiger partial charge in [-0.25, -0.2) is 0 Å². The molecule has 0 aromatic heterocycles. The minimum atomic E-state index is -0.0590. The third-order valence-electron chi connectivity index (χ3n) is 2.67. The molecule has 0 amide bonds. The summed E-state index contributed by atoms with van der Waals surface area (Å²) >= 11 is 5.77. The predicted octanol–water partition coefficient (Wildman–Crippen LogP) is 4.46. The van der Waals surface area contributed by atoms with Gasteiger partial charge in [-0.15, -0.1) is 0 Å². The van der Waals surface area contributed by atoms with E-state index in [4.69, 9.17) is 11.6 Å². The van der Waals surface area contributed by atoms with Crippen LogP contribution in [0.3, 0.4) is 0 Å². The van der Waals surface area contributed by atoms with E-state index in [1.54, 1.807) is 30.5 Å². The van der Waals surface area contributed by atoms with Crippen molar-refractivity contribution in [1.82, 2.24) is 0 Å². The Labute approximate surface area is 117 Å². The van der Waals surface area contributed by atoms with Gasteiger partial charge in [0.25, 0.3) is 0 Å². The van der Waals surface area contributed by atoms with Gasteiger partial charge in [-0.1, -0.05) is 29.3 Å². The molecule has 3 heteroatoms. The van der Waals surface area contributed by atoms with E-state index in [1.165, 1.54) is 11.6 Å². The molecular weight excluding hydrogens is 258 g/mol. The lowest BCUT2D eigenvalue weighted by molar-refractivity contribution is 0.104. The highest BCUT2D eigenvalue weighted by Gasteiger charge is 2.00. The predicted molar refractivity (Wildman–Crippen MR) is 79.7 cm³/mol. The second-order valence-corrected chi connectivity index (χ2v) is 4.65. The summed E-state index contributed by atoms with van der Waals surface area (Å²) in [5.74, 6) is -0.0590. The number of hydrogen-bond acceptors (Lipinski definition) is 2. The third-order valence-corrected chi connectivity index (χ3v) is 2.92. The molecule has 19 heavy (non-hydrogen) atoms. The minimum absolute atomic E-state index is 0.0590. The van der Waals surface area contributed by atoms with Gasteiger partial charge in [-0.3, -0.25) is 4.79 Å². The fourth-order valence-electron chi connectivity index (χ4n) is 1.57. The molecule has 0 atom stereocenters. The van der Waals surface area contributed by atoms with E-state index in [2.05, 4.69) is 5.32 Å². The van der Waals surface area contributed by atoms with E-state index in [0.717, 1.165) is 5.69 Å². The summed E-state index contributed by atoms with van der Waals surface area (Å²) in [5, 5.41) is 3.68. The molecule has 0 bridgehead atoms. The zero-order chi connectivity index (χ0) is 13.7. The first-order chi connectivity index (χ1) is 9.15. The molecule has 0 heterocycles. The highest BCUT2D eigenvalue weighted by Crippen LogP contribution is 2.11. The lowest BCUT2D eigenvalue weighted by Crippen LogP contribution is -1.95. The van der Waals surface area contributed by atoms with Crippen LogP contribution in [0.1, 0.15) is 15.9 Å². The van der Waals surface area contributed by atoms with Crippen LogP contribution in [0, 0.1) is 6.92 Å². The van der Waals surface area contributed by atoms with Crippen molar-refractivity contribution in [1.29, 1.82) is 0 Å². The van der Waals surface area contributed by atoms with Crippen LogP contribution in [0.4, 0.5) is 5.69 Å². The Kier molecular flexibility index (Phi) is 4.37. The van der Waals surface area contributed by atoms with Crippen LogP contribution in [-0.2, 0) is 0 Å². The third kappa shape index (κ3) is 3.97. The topological polar surface area (TPSA) is 29.1 Å². The van der Waals surface area contributed by atoms with E-state index < -0.39 is 0 Å². The number of halogens is 1. The van der Waals surface area contributed by atoms with Crippen molar-refractivity contribution in [3.63, 3.8) is 0 Å². The summed E-state index contributed by atoms with van der Waals surface area (Å²) in [6.45, 7) is 2.03. The maximum Gasteiger partial charge on any atom is 0.187 e. The summed E-state index contributed by atoms with van der Waals surface area (Å²) in [6, 6.07) is 14.8. The molecule has 0 aliphatic heterocycles. The molecule has 2 nitrogen and oxygen atoms in total. The monoisotopic (exact) mass is 271 g/mol. The van der Waals surface area contributed by atoms with Crippen molar-refractivity contribution >= 4 is 23.1 Å². The molecule has 2 aromatic carbocycles. The quantitative estimate of drug-likeness (QED) is 0.657. The summed E-state index contributed by atoms with van der Waals surface area (Å²) in [6.07, 6.45) is 3.14. The number of hydrogen-bond donors (Lipinski definition) is 1. The number of anilines is 1. The number of carbonyl (C=O) groups is 1. The lowest BCUT2D eigenvalue weighted by atomic mass is 10.1. The van der Waals surface area contributed by atoms with Crippen molar-refractivity contribution < 1.29 is 4.79 Å². The second-order valence-electron chi connectivity index (χ2n) is 4.21. The van der Waals surface area contributed by atoms with Crippen LogP contribution in [0.15, 0.2) is 60.8 Å². The zero-order valence-corrected chi connectivity index (χ0v) is 11.3. The molecule has 2 rings (SSSR count). The molecule has 0 radical (unpaired) electrons. The standard InChI is InChI=1S/C16H14ClNO/c1-12-2-8-15(9-3-12)18-11-10-16(19)13-4-6-14(17)7-5-13/h2-11,18H,1H3/b11-10-. The smallest absolute Gasteiger partial charge is 0.187 e. The minimum Gasteiger partial charge on any atom is -0.362 e. The number of benzene rings is 2. The van der Waals surface area contributed by atoms with Crippen molar-refractivity contribution in [3.8, 4) is 0 Å². The Morgan fingerprint density at radius 1 is 1.05 bits per heavy atom. The molecule has 1 N–H and O–H groups in total. The summed E-state index contributed by atoms with van der Waals surface area (Å²) in [5.41, 5.74) is 2.77. The maximum atomic E-state index is 11.8. The molecule has 96 valence electrons. The highest BCUT2D eigenvalue weighted by atomic mass is 35.5. The van der Waals surface area contributed by atoms with Gasteiger partial charge >= 0.3 is 0 Å². The van der Waals surface area contributed by atoms with Crippen LogP contribution in [-0.4, -0.2) is 5.78 Å². The molecule has 0 aliphatic carbocycles. The van der Waals surface area contributed by atoms with Gasteiger partial charge < -0.3 is 5.32 Å². The zero-order valence-electron chi connectivity index (χ0n) is 10.6. The first kappa shape index (κ1) is 13.4. The SMILES string of the molecule is Cc1ccc(N/C=C\C(=O)c2ccc(Cl)cc2)cc1. The molecule has 2 aromatic rings. The Balaban J connectivity index is 1.97. The van der Waals surface area contributed by atoms with Crippen molar-refractivity contribution in [2.24, 2.45) is 0 Å². The first-order valence-electron chi connectivity index (χ1n) is 5.95. The summed E-state index contributed by atoms with van der Waals surface area (Å²) in [7, 11) is 0. The van der Waals surface area contributed by atoms with Crippen molar-refractivity contribution in [2.45, 2.75) is 6.92 Å². The van der Waals surface area contributed by atoms with Crippen LogP contribution in [0.25, 0.3) is 0 Å². The fourth-order valence-corrected chi connectivity index (χ4v) is 1.70. The highest BCUT2D eigenvalue weighted by molar-refractivity contribution is 6.30. The Morgan fingerprint density at radius 3 is 2.32 bits per heavy atom. The van der Waals surface area contributed by atoms with Crippen molar-refractivity contribution in [2.75, 3.05) is 5.32 Å². The average Bonchev–Trinajstić information content (AvgIpc) is 2.41. The molecule has 0 unspecified atom stereocenters. The largest absolute Gasteiger partial charge is 0.362 e. The van der Waals surface area contributed by atoms with Gasteiger partial charge in [0.1, 0.15) is 0 Å². The molecule has 0 spiro atoms. The molecule has 0 aliphatic rings. The first-order valence-corrected chi connectivity index (χ1v) is 6.32. The molecule has 0 fully saturated rings. The fraction of sp³-hybridized carbons (Fsp3) is 0.0625. The molecule has 0 saturated heterocycles. The van der Waals surface area contributed by atoms with Gasteiger partial charge in [-0.2, -0.15) is 0 Å². The second kappa shape index (κ2) is 6.21. The Bertz CT molecular complexity index is 585. The van der Waals surface area contributed by atoms with Gasteiger partial charge in [-0.05, 0) is 43.3 Å². The van der Waals surface area contributed by atoms with E-state index in [-0.39, 0.29) is 5.78 Å². The number of aryl methyl sites for hydroxylation is 1. The number of ketones is 1. The summed E-state index contributed by atoms with van der Waals surface area (Å²) < 4.78 is 0. The number of allylic oxidation sites excluding steroid dienone is 1. The van der Waals surface area contributed by atoms with Crippen molar-refractivity contribution in [3.05, 3.63) is 77.0 Å². The summed E-state index contributed by atoms with van der Waals surface area (Å²) in [4.78, 5) is 11.8. The Morgan fingerprint density at radius 2 is 1.68 bits per heavy atom.